The molecule has 0 aromatic carbocycles. The van der Waals surface area contributed by atoms with Crippen LogP contribution >= 0.6 is 7.60 Å². The average molecular weight is 250 g/mol. The van der Waals surface area contributed by atoms with Crippen molar-refractivity contribution in [3.63, 3.8) is 0 Å². The molecule has 0 atom stereocenters. The molecule has 0 aliphatic rings. The first kappa shape index (κ1) is 15.4. The lowest BCUT2D eigenvalue weighted by atomic mass is 10.4. The normalized spacial score (nSPS) is 11.2. The molecule has 0 rings (SSSR count). The Kier molecular flexibility index (Phi) is 7.30. The Labute approximate surface area is 96.3 Å². The van der Waals surface area contributed by atoms with Crippen molar-refractivity contribution in [1.82, 2.24) is 0 Å². The van der Waals surface area contributed by atoms with Gasteiger partial charge in [-0.25, -0.2) is 0 Å². The molecular weight excluding hydrogens is 231 g/mol. The second-order valence-corrected chi connectivity index (χ2v) is 5.02. The highest BCUT2D eigenvalue weighted by Crippen LogP contribution is 2.56. The summed E-state index contributed by atoms with van der Waals surface area (Å²) in [5.41, 5.74) is 0. The molecule has 0 aromatic heterocycles. The van der Waals surface area contributed by atoms with E-state index in [1.807, 2.05) is 0 Å². The summed E-state index contributed by atoms with van der Waals surface area (Å²) < 4.78 is 26.9. The van der Waals surface area contributed by atoms with Crippen LogP contribution in [0.4, 0.5) is 0 Å². The van der Waals surface area contributed by atoms with Gasteiger partial charge in [-0.1, -0.05) is 6.58 Å². The molecule has 6 heteroatoms. The van der Waals surface area contributed by atoms with Crippen molar-refractivity contribution in [2.45, 2.75) is 27.2 Å². The Balaban J connectivity index is 4.50. The fraction of sp³-hybridized carbons (Fsp3) is 0.700. The van der Waals surface area contributed by atoms with E-state index in [9.17, 15) is 9.36 Å². The van der Waals surface area contributed by atoms with E-state index in [1.165, 1.54) is 0 Å². The minimum atomic E-state index is -3.38. The van der Waals surface area contributed by atoms with Gasteiger partial charge in [-0.05, 0) is 20.8 Å². The van der Waals surface area contributed by atoms with Gasteiger partial charge >= 0.3 is 13.6 Å². The second kappa shape index (κ2) is 7.60. The third-order valence-corrected chi connectivity index (χ3v) is 3.77. The molecule has 0 amide bonds. The molecule has 0 unspecified atom stereocenters. The zero-order chi connectivity index (χ0) is 12.6. The molecule has 0 aromatic rings. The molecule has 0 aliphatic heterocycles. The van der Waals surface area contributed by atoms with Crippen LogP contribution in [0, 0.1) is 0 Å². The van der Waals surface area contributed by atoms with Gasteiger partial charge in [0.15, 0.2) is 0 Å². The van der Waals surface area contributed by atoms with Crippen LogP contribution in [0.25, 0.3) is 0 Å². The summed E-state index contributed by atoms with van der Waals surface area (Å²) >= 11 is 0. The van der Waals surface area contributed by atoms with Crippen LogP contribution in [0.15, 0.2) is 11.9 Å². The van der Waals surface area contributed by atoms with Gasteiger partial charge in [0.1, 0.15) is 0 Å². The van der Waals surface area contributed by atoms with Crippen LogP contribution in [0.1, 0.15) is 27.2 Å². The number of rotatable bonds is 8. The van der Waals surface area contributed by atoms with Gasteiger partial charge in [-0.3, -0.25) is 9.36 Å². The maximum Gasteiger partial charge on any atom is 0.357 e. The topological polar surface area (TPSA) is 61.8 Å². The molecule has 0 aliphatic carbocycles. The zero-order valence-corrected chi connectivity index (χ0v) is 10.9. The lowest BCUT2D eigenvalue weighted by Gasteiger charge is -2.18. The first-order valence-electron chi connectivity index (χ1n) is 5.23. The third-order valence-electron chi connectivity index (χ3n) is 1.64. The Bertz CT molecular complexity index is 277. The van der Waals surface area contributed by atoms with Gasteiger partial charge in [-0.15, -0.1) is 0 Å². The number of hydrogen-bond acceptors (Lipinski definition) is 5. The first-order valence-corrected chi connectivity index (χ1v) is 6.77. The van der Waals surface area contributed by atoms with E-state index < -0.39 is 13.6 Å². The molecule has 94 valence electrons. The van der Waals surface area contributed by atoms with Crippen LogP contribution in [0.5, 0.6) is 0 Å². The predicted octanol–water partition coefficient (Wildman–Crippen LogP) is 2.72. The second-order valence-electron chi connectivity index (χ2n) is 2.88. The smallest absolute Gasteiger partial charge is 0.357 e. The van der Waals surface area contributed by atoms with E-state index in [-0.39, 0.29) is 31.6 Å². The molecule has 16 heavy (non-hydrogen) atoms. The molecule has 0 saturated carbocycles. The van der Waals surface area contributed by atoms with Gasteiger partial charge in [0.25, 0.3) is 0 Å². The van der Waals surface area contributed by atoms with Crippen LogP contribution in [0.2, 0.25) is 0 Å². The maximum absolute atomic E-state index is 12.1. The molecule has 0 spiro atoms. The molecule has 0 radical (unpaired) electrons. The maximum atomic E-state index is 12.1. The van der Waals surface area contributed by atoms with Crippen molar-refractivity contribution in [2.24, 2.45) is 0 Å². The highest BCUT2D eigenvalue weighted by Gasteiger charge is 2.29. The lowest BCUT2D eigenvalue weighted by Crippen LogP contribution is -2.07. The number of carbonyl (C=O) groups is 1. The fourth-order valence-corrected chi connectivity index (χ4v) is 2.48. The van der Waals surface area contributed by atoms with Crippen molar-refractivity contribution in [3.8, 4) is 0 Å². The van der Waals surface area contributed by atoms with Crippen molar-refractivity contribution in [1.29, 1.82) is 0 Å². The highest BCUT2D eigenvalue weighted by atomic mass is 31.2. The quantitative estimate of drug-likeness (QED) is 0.489. The third kappa shape index (κ3) is 4.92. The van der Waals surface area contributed by atoms with Crippen LogP contribution in [0.3, 0.4) is 0 Å². The number of hydrogen-bond donors (Lipinski definition) is 0. The van der Waals surface area contributed by atoms with E-state index in [0.717, 1.165) is 0 Å². The summed E-state index contributed by atoms with van der Waals surface area (Å²) in [6, 6.07) is 0. The zero-order valence-electron chi connectivity index (χ0n) is 10.0. The fourth-order valence-electron chi connectivity index (χ4n) is 1.04. The molecule has 0 heterocycles. The van der Waals surface area contributed by atoms with Gasteiger partial charge in [-0.2, -0.15) is 0 Å². The minimum absolute atomic E-state index is 0.134. The molecule has 0 bridgehead atoms. The summed E-state index contributed by atoms with van der Waals surface area (Å²) in [7, 11) is -3.38. The molecule has 5 nitrogen and oxygen atoms in total. The largest absolute Gasteiger partial charge is 0.466 e. The molecular formula is C10H19O5P. The van der Waals surface area contributed by atoms with Crippen molar-refractivity contribution < 1.29 is 23.1 Å². The summed E-state index contributed by atoms with van der Waals surface area (Å²) in [6.45, 7) is 9.42. The lowest BCUT2D eigenvalue weighted by molar-refractivity contribution is -0.142. The summed E-state index contributed by atoms with van der Waals surface area (Å²) in [5, 5.41) is 0.134. The van der Waals surface area contributed by atoms with Gasteiger partial charge in [0.05, 0.1) is 26.2 Å². The van der Waals surface area contributed by atoms with Crippen LogP contribution in [-0.2, 0) is 23.1 Å². The van der Waals surface area contributed by atoms with Crippen molar-refractivity contribution in [2.75, 3.05) is 19.8 Å². The predicted molar refractivity (Wildman–Crippen MR) is 61.2 cm³/mol. The Hall–Kier alpha value is -0.640. The molecule has 0 saturated heterocycles. The summed E-state index contributed by atoms with van der Waals surface area (Å²) in [4.78, 5) is 11.2. The Morgan fingerprint density at radius 3 is 2.00 bits per heavy atom. The Morgan fingerprint density at radius 2 is 1.62 bits per heavy atom. The van der Waals surface area contributed by atoms with E-state index in [1.54, 1.807) is 20.8 Å². The first-order chi connectivity index (χ1) is 7.50. The van der Waals surface area contributed by atoms with Crippen LogP contribution in [-0.4, -0.2) is 25.8 Å². The van der Waals surface area contributed by atoms with Crippen molar-refractivity contribution >= 4 is 13.6 Å². The highest BCUT2D eigenvalue weighted by molar-refractivity contribution is 7.58. The van der Waals surface area contributed by atoms with Crippen molar-refractivity contribution in [3.05, 3.63) is 11.9 Å². The van der Waals surface area contributed by atoms with E-state index in [2.05, 4.69) is 6.58 Å². The van der Waals surface area contributed by atoms with E-state index in [4.69, 9.17) is 13.8 Å². The van der Waals surface area contributed by atoms with Crippen LogP contribution < -0.4 is 0 Å². The minimum Gasteiger partial charge on any atom is -0.466 e. The van der Waals surface area contributed by atoms with E-state index in [0.29, 0.717) is 0 Å². The van der Waals surface area contributed by atoms with E-state index >= 15 is 0 Å². The molecule has 0 N–H and O–H groups in total. The number of carbonyl (C=O) groups excluding carboxylic acids is 1. The van der Waals surface area contributed by atoms with Gasteiger partial charge in [0.2, 0.25) is 0 Å². The number of ether oxygens (including phenoxy) is 1. The monoisotopic (exact) mass is 250 g/mol. The summed E-state index contributed by atoms with van der Waals surface area (Å²) in [6.07, 6.45) is -0.148. The SMILES string of the molecule is C=C(CC(=O)OCC)P(=O)(OCC)OCC. The molecule has 0 fully saturated rings. The number of esters is 1. The average Bonchev–Trinajstić information content (AvgIpc) is 2.18. The van der Waals surface area contributed by atoms with Gasteiger partial charge in [0, 0.05) is 5.31 Å². The summed E-state index contributed by atoms with van der Waals surface area (Å²) in [5.74, 6) is -0.480. The van der Waals surface area contributed by atoms with Gasteiger partial charge < -0.3 is 13.8 Å². The Morgan fingerprint density at radius 1 is 1.12 bits per heavy atom. The standard InChI is InChI=1S/C10H19O5P/c1-5-13-10(11)8-9(4)16(12,14-6-2)15-7-3/h4-8H2,1-3H3.